The van der Waals surface area contributed by atoms with Crippen LogP contribution in [-0.4, -0.2) is 51.9 Å². The Morgan fingerprint density at radius 2 is 1.92 bits per heavy atom. The molecule has 1 amide bonds. The second-order valence-corrected chi connectivity index (χ2v) is 7.72. The third-order valence-corrected chi connectivity index (χ3v) is 5.39. The Morgan fingerprint density at radius 1 is 1.23 bits per heavy atom. The number of aliphatic hydroxyl groups excluding tert-OH is 1. The first-order valence-electron chi connectivity index (χ1n) is 8.93. The van der Waals surface area contributed by atoms with Gasteiger partial charge in [-0.1, -0.05) is 25.3 Å². The summed E-state index contributed by atoms with van der Waals surface area (Å²) >= 11 is -1.68. The molecule has 0 spiro atoms. The smallest absolute Gasteiger partial charge is 0.269 e. The molecular formula is C17H25N5O3S. The van der Waals surface area contributed by atoms with Gasteiger partial charge in [-0.25, -0.2) is 4.21 Å². The largest absolute Gasteiger partial charge is 0.505 e. The molecule has 3 rings (SSSR count). The SMILES string of the molecule is CN(C)C(=O)C1=C(O)C(NC2=NS(=O)N=C2NC2CCCCC2)=CCC1. The number of allylic oxidation sites excluding steroid dienone is 1. The quantitative estimate of drug-likeness (QED) is 0.688. The minimum absolute atomic E-state index is 0.0904. The summed E-state index contributed by atoms with van der Waals surface area (Å²) in [6.45, 7) is 0. The number of likely N-dealkylation sites (N-methyl/N-ethyl adjacent to an activating group) is 1. The maximum absolute atomic E-state index is 12.2. The second kappa shape index (κ2) is 8.03. The standard InChI is InChI=1S/C17H25N5O3S/c1-22(2)17(24)12-9-6-10-13(14(12)23)19-16-15(20-26(25)21-16)18-11-7-4-3-5-8-11/h10-11,23H,3-9H2,1-2H3,(H,18,20)(H,19,21). The van der Waals surface area contributed by atoms with Crippen molar-refractivity contribution in [2.24, 2.45) is 8.80 Å². The molecule has 0 radical (unpaired) electrons. The molecule has 0 aromatic heterocycles. The van der Waals surface area contributed by atoms with Crippen LogP contribution in [0.2, 0.25) is 0 Å². The maximum Gasteiger partial charge on any atom is 0.269 e. The molecule has 1 heterocycles. The van der Waals surface area contributed by atoms with Gasteiger partial charge in [-0.15, -0.1) is 8.80 Å². The van der Waals surface area contributed by atoms with E-state index in [2.05, 4.69) is 19.4 Å². The van der Waals surface area contributed by atoms with Gasteiger partial charge in [-0.05, 0) is 25.7 Å². The monoisotopic (exact) mass is 379 g/mol. The molecule has 9 heteroatoms. The molecule has 2 aliphatic carbocycles. The zero-order chi connectivity index (χ0) is 18.7. The predicted molar refractivity (Wildman–Crippen MR) is 102 cm³/mol. The fraction of sp³-hybridized carbons (Fsp3) is 0.588. The van der Waals surface area contributed by atoms with Crippen LogP contribution in [0, 0.1) is 0 Å². The van der Waals surface area contributed by atoms with Crippen molar-refractivity contribution < 1.29 is 14.1 Å². The van der Waals surface area contributed by atoms with E-state index in [4.69, 9.17) is 0 Å². The van der Waals surface area contributed by atoms with E-state index in [1.54, 1.807) is 14.1 Å². The maximum atomic E-state index is 12.2. The number of nitrogens with zero attached hydrogens (tertiary/aromatic N) is 3. The Morgan fingerprint density at radius 3 is 2.62 bits per heavy atom. The van der Waals surface area contributed by atoms with Gasteiger partial charge >= 0.3 is 0 Å². The number of nitrogens with one attached hydrogen (secondary N) is 2. The highest BCUT2D eigenvalue weighted by atomic mass is 32.2. The van der Waals surface area contributed by atoms with Gasteiger partial charge < -0.3 is 20.6 Å². The number of rotatable bonds is 3. The highest BCUT2D eigenvalue weighted by Gasteiger charge is 2.27. The molecular weight excluding hydrogens is 354 g/mol. The Hall–Kier alpha value is -2.16. The van der Waals surface area contributed by atoms with Crippen LogP contribution in [0.3, 0.4) is 0 Å². The summed E-state index contributed by atoms with van der Waals surface area (Å²) in [6.07, 6.45) is 8.58. The molecule has 8 nitrogen and oxygen atoms in total. The van der Waals surface area contributed by atoms with Crippen LogP contribution in [0.25, 0.3) is 0 Å². The van der Waals surface area contributed by atoms with Crippen molar-refractivity contribution in [3.63, 3.8) is 0 Å². The summed E-state index contributed by atoms with van der Waals surface area (Å²) in [7, 11) is 3.30. The van der Waals surface area contributed by atoms with Gasteiger partial charge in [-0.3, -0.25) is 4.79 Å². The van der Waals surface area contributed by atoms with Gasteiger partial charge in [0, 0.05) is 20.1 Å². The zero-order valence-corrected chi connectivity index (χ0v) is 15.9. The van der Waals surface area contributed by atoms with Crippen molar-refractivity contribution in [2.45, 2.75) is 51.0 Å². The molecule has 142 valence electrons. The summed E-state index contributed by atoms with van der Waals surface area (Å²) in [5, 5.41) is 16.8. The lowest BCUT2D eigenvalue weighted by atomic mass is 9.95. The zero-order valence-electron chi connectivity index (χ0n) is 15.1. The third kappa shape index (κ3) is 4.14. The second-order valence-electron chi connectivity index (χ2n) is 6.90. The van der Waals surface area contributed by atoms with Crippen LogP contribution < -0.4 is 10.6 Å². The first kappa shape index (κ1) is 18.6. The minimum atomic E-state index is -1.68. The number of amides is 1. The van der Waals surface area contributed by atoms with Crippen molar-refractivity contribution in [3.8, 4) is 0 Å². The summed E-state index contributed by atoms with van der Waals surface area (Å²) in [5.41, 5.74) is 0.760. The van der Waals surface area contributed by atoms with E-state index < -0.39 is 11.2 Å². The molecule has 3 aliphatic rings. The Balaban J connectivity index is 1.73. The first-order chi connectivity index (χ1) is 12.5. The molecule has 0 bridgehead atoms. The molecule has 0 saturated heterocycles. The normalized spacial score (nSPS) is 23.9. The molecule has 1 saturated carbocycles. The molecule has 26 heavy (non-hydrogen) atoms. The molecule has 1 fully saturated rings. The van der Waals surface area contributed by atoms with E-state index in [-0.39, 0.29) is 11.7 Å². The van der Waals surface area contributed by atoms with Crippen LogP contribution in [-0.2, 0) is 16.0 Å². The third-order valence-electron chi connectivity index (χ3n) is 4.71. The van der Waals surface area contributed by atoms with Gasteiger partial charge in [0.25, 0.3) is 17.1 Å². The van der Waals surface area contributed by atoms with E-state index in [1.807, 2.05) is 6.08 Å². The lowest BCUT2D eigenvalue weighted by Crippen LogP contribution is -2.44. The van der Waals surface area contributed by atoms with Gasteiger partial charge in [-0.2, -0.15) is 0 Å². The van der Waals surface area contributed by atoms with Gasteiger partial charge in [0.2, 0.25) is 0 Å². The predicted octanol–water partition coefficient (Wildman–Crippen LogP) is 1.47. The van der Waals surface area contributed by atoms with Crippen LogP contribution in [0.4, 0.5) is 0 Å². The average molecular weight is 379 g/mol. The highest BCUT2D eigenvalue weighted by molar-refractivity contribution is 7.83. The van der Waals surface area contributed by atoms with Crippen molar-refractivity contribution in [2.75, 3.05) is 14.1 Å². The van der Waals surface area contributed by atoms with Crippen LogP contribution in [0.5, 0.6) is 0 Å². The lowest BCUT2D eigenvalue weighted by Gasteiger charge is -2.25. The molecule has 0 aromatic carbocycles. The number of carbonyl (C=O) groups excluding carboxylic acids is 1. The van der Waals surface area contributed by atoms with Gasteiger partial charge in [0.05, 0.1) is 11.3 Å². The van der Waals surface area contributed by atoms with Crippen LogP contribution in [0.1, 0.15) is 44.9 Å². The number of hydrogen-bond donors (Lipinski definition) is 3. The van der Waals surface area contributed by atoms with Crippen molar-refractivity contribution >= 4 is 28.8 Å². The van der Waals surface area contributed by atoms with Crippen molar-refractivity contribution in [3.05, 3.63) is 23.1 Å². The lowest BCUT2D eigenvalue weighted by molar-refractivity contribution is -0.125. The Labute approximate surface area is 155 Å². The van der Waals surface area contributed by atoms with Crippen molar-refractivity contribution in [1.82, 2.24) is 15.5 Å². The van der Waals surface area contributed by atoms with E-state index in [9.17, 15) is 14.1 Å². The summed E-state index contributed by atoms with van der Waals surface area (Å²) < 4.78 is 19.9. The number of hydrogen-bond acceptors (Lipinski definition) is 5. The minimum Gasteiger partial charge on any atom is -0.505 e. The first-order valence-corrected chi connectivity index (χ1v) is 9.99. The van der Waals surface area contributed by atoms with E-state index in [1.165, 1.54) is 24.2 Å². The topological polar surface area (TPSA) is 106 Å². The summed E-state index contributed by atoms with van der Waals surface area (Å²) in [6, 6.07) is 0.292. The highest BCUT2D eigenvalue weighted by Crippen LogP contribution is 2.24. The fourth-order valence-electron chi connectivity index (χ4n) is 3.33. The molecule has 3 N–H and O–H groups in total. The van der Waals surface area contributed by atoms with Crippen LogP contribution >= 0.6 is 0 Å². The van der Waals surface area contributed by atoms with E-state index >= 15 is 0 Å². The van der Waals surface area contributed by atoms with E-state index in [0.29, 0.717) is 41.8 Å². The molecule has 1 aliphatic heterocycles. The molecule has 1 unspecified atom stereocenters. The average Bonchev–Trinajstić information content (AvgIpc) is 2.96. The number of carbonyl (C=O) groups is 1. The van der Waals surface area contributed by atoms with Crippen LogP contribution in [0.15, 0.2) is 31.9 Å². The van der Waals surface area contributed by atoms with E-state index in [0.717, 1.165) is 12.8 Å². The van der Waals surface area contributed by atoms with Crippen molar-refractivity contribution in [1.29, 1.82) is 0 Å². The number of aliphatic hydroxyl groups is 1. The van der Waals surface area contributed by atoms with Gasteiger partial charge in [0.15, 0.2) is 11.7 Å². The summed E-state index contributed by atoms with van der Waals surface area (Å²) in [4.78, 5) is 13.6. The molecule has 0 aromatic rings. The van der Waals surface area contributed by atoms with Gasteiger partial charge in [0.1, 0.15) is 5.76 Å². The Bertz CT molecular complexity index is 733. The fourth-order valence-corrected chi connectivity index (χ4v) is 3.96. The summed E-state index contributed by atoms with van der Waals surface area (Å²) in [5.74, 6) is 0.480. The number of amidine groups is 2. The Kier molecular flexibility index (Phi) is 5.75. The molecule has 1 atom stereocenters.